The van der Waals surface area contributed by atoms with Crippen molar-refractivity contribution >= 4 is 27.8 Å². The minimum Gasteiger partial charge on any atom is -0.494 e. The maximum absolute atomic E-state index is 16.4. The highest BCUT2D eigenvalue weighted by atomic mass is 19.1. The molecule has 1 saturated carbocycles. The van der Waals surface area contributed by atoms with E-state index in [-0.39, 0.29) is 35.3 Å². The zero-order valence-corrected chi connectivity index (χ0v) is 21.6. The predicted molar refractivity (Wildman–Crippen MR) is 139 cm³/mol. The summed E-state index contributed by atoms with van der Waals surface area (Å²) < 4.78 is 48.9. The van der Waals surface area contributed by atoms with Crippen molar-refractivity contribution in [2.24, 2.45) is 5.92 Å². The number of rotatable bonds is 5. The van der Waals surface area contributed by atoms with Gasteiger partial charge in [0.2, 0.25) is 0 Å². The fourth-order valence-electron chi connectivity index (χ4n) is 6.49. The monoisotopic (exact) mass is 523 g/mol. The maximum atomic E-state index is 16.4. The summed E-state index contributed by atoms with van der Waals surface area (Å²) in [5, 5.41) is 8.15. The van der Waals surface area contributed by atoms with Crippen molar-refractivity contribution in [3.63, 3.8) is 0 Å². The first-order chi connectivity index (χ1) is 18.5. The van der Waals surface area contributed by atoms with Gasteiger partial charge in [0.05, 0.1) is 31.9 Å². The molecule has 1 saturated heterocycles. The van der Waals surface area contributed by atoms with Gasteiger partial charge in [-0.05, 0) is 68.2 Å². The number of ether oxygens (including phenoxy) is 3. The van der Waals surface area contributed by atoms with E-state index in [4.69, 9.17) is 14.2 Å². The van der Waals surface area contributed by atoms with E-state index in [1.165, 1.54) is 20.3 Å². The number of hydrogen-bond donors (Lipinski definition) is 1. The highest BCUT2D eigenvalue weighted by Crippen LogP contribution is 2.48. The molecule has 6 rings (SSSR count). The molecule has 0 spiro atoms. The molecule has 1 N–H and O–H groups in total. The van der Waals surface area contributed by atoms with E-state index in [0.717, 1.165) is 42.5 Å². The summed E-state index contributed by atoms with van der Waals surface area (Å²) >= 11 is 0. The Bertz CT molecular complexity index is 1500. The maximum Gasteiger partial charge on any atom is 0.308 e. The number of carbonyl (C=O) groups excluding carboxylic acids is 1. The Kier molecular flexibility index (Phi) is 6.55. The number of halogens is 2. The largest absolute Gasteiger partial charge is 0.494 e. The Labute approximate surface area is 219 Å². The molecule has 3 heterocycles. The third-order valence-electron chi connectivity index (χ3n) is 8.35. The summed E-state index contributed by atoms with van der Waals surface area (Å²) in [6.45, 7) is 1.25. The lowest BCUT2D eigenvalue weighted by Crippen LogP contribution is -2.24. The number of benzene rings is 2. The Morgan fingerprint density at radius 2 is 1.82 bits per heavy atom. The second-order valence-electron chi connectivity index (χ2n) is 10.3. The molecular weight excluding hydrogens is 492 g/mol. The number of H-pyrrole nitrogens is 1. The standard InChI is InChI=1S/C29H31F2N3O4/c1-36-23-14-20(7-8-21(23)30)34-22-13-19-15-32-33-27(19)26(31)25(22)24(28(34)17-9-11-38-12-10-17)16-3-5-18(6-4-16)29(35)37-2/h7-8,13-18H,3-6,9-12H2,1-2H3,(H,32,33)/t16-,18-. The van der Waals surface area contributed by atoms with Gasteiger partial charge in [0.1, 0.15) is 5.52 Å². The van der Waals surface area contributed by atoms with Crippen LogP contribution < -0.4 is 4.74 Å². The molecule has 1 aliphatic carbocycles. The second-order valence-corrected chi connectivity index (χ2v) is 10.3. The Morgan fingerprint density at radius 3 is 2.53 bits per heavy atom. The van der Waals surface area contributed by atoms with Gasteiger partial charge in [0.15, 0.2) is 17.4 Å². The molecule has 2 aromatic heterocycles. The van der Waals surface area contributed by atoms with Crippen LogP contribution in [-0.4, -0.2) is 48.2 Å². The van der Waals surface area contributed by atoms with Crippen LogP contribution in [0.4, 0.5) is 8.78 Å². The molecule has 9 heteroatoms. The minimum atomic E-state index is -0.454. The number of esters is 1. The number of nitrogens with zero attached hydrogens (tertiary/aromatic N) is 2. The number of methoxy groups -OCH3 is 2. The van der Waals surface area contributed by atoms with E-state index in [1.807, 2.05) is 6.07 Å². The molecule has 7 nitrogen and oxygen atoms in total. The summed E-state index contributed by atoms with van der Waals surface area (Å²) in [5.74, 6) is -0.773. The molecule has 0 bridgehead atoms. The van der Waals surface area contributed by atoms with Crippen LogP contribution in [0.15, 0.2) is 30.5 Å². The number of hydrogen-bond acceptors (Lipinski definition) is 5. The smallest absolute Gasteiger partial charge is 0.308 e. The van der Waals surface area contributed by atoms with Crippen molar-refractivity contribution in [1.82, 2.24) is 14.8 Å². The molecule has 2 aromatic carbocycles. The summed E-state index contributed by atoms with van der Waals surface area (Å²) in [7, 11) is 2.86. The highest BCUT2D eigenvalue weighted by molar-refractivity contribution is 6.00. The fraction of sp³-hybridized carbons (Fsp3) is 0.448. The van der Waals surface area contributed by atoms with E-state index < -0.39 is 5.82 Å². The van der Waals surface area contributed by atoms with E-state index in [9.17, 15) is 9.18 Å². The molecule has 0 radical (unpaired) electrons. The molecule has 0 amide bonds. The molecule has 2 fully saturated rings. The van der Waals surface area contributed by atoms with Crippen LogP contribution in [0, 0.1) is 17.6 Å². The van der Waals surface area contributed by atoms with Gasteiger partial charge in [-0.2, -0.15) is 5.10 Å². The van der Waals surface area contributed by atoms with Crippen molar-refractivity contribution < 1.29 is 27.8 Å². The highest BCUT2D eigenvalue weighted by Gasteiger charge is 2.36. The fourth-order valence-corrected chi connectivity index (χ4v) is 6.49. The van der Waals surface area contributed by atoms with E-state index in [2.05, 4.69) is 14.8 Å². The van der Waals surface area contributed by atoms with Crippen molar-refractivity contribution in [3.8, 4) is 11.4 Å². The van der Waals surface area contributed by atoms with Gasteiger partial charge in [-0.15, -0.1) is 0 Å². The van der Waals surface area contributed by atoms with Crippen molar-refractivity contribution in [1.29, 1.82) is 0 Å². The number of nitrogens with one attached hydrogen (secondary N) is 1. The first-order valence-electron chi connectivity index (χ1n) is 13.2. The van der Waals surface area contributed by atoms with E-state index in [1.54, 1.807) is 18.3 Å². The molecule has 1 aliphatic heterocycles. The van der Waals surface area contributed by atoms with Crippen LogP contribution >= 0.6 is 0 Å². The second kappa shape index (κ2) is 10.0. The average molecular weight is 524 g/mol. The third kappa shape index (κ3) is 4.04. The number of aromatic nitrogens is 3. The van der Waals surface area contributed by atoms with Gasteiger partial charge in [-0.25, -0.2) is 8.78 Å². The summed E-state index contributed by atoms with van der Waals surface area (Å²) in [5.41, 5.74) is 3.82. The molecule has 38 heavy (non-hydrogen) atoms. The Balaban J connectivity index is 1.63. The lowest BCUT2D eigenvalue weighted by Gasteiger charge is -2.31. The van der Waals surface area contributed by atoms with E-state index >= 15 is 4.39 Å². The Hall–Kier alpha value is -3.46. The summed E-state index contributed by atoms with van der Waals surface area (Å²) in [6.07, 6.45) is 6.12. The molecule has 200 valence electrons. The van der Waals surface area contributed by atoms with Crippen molar-refractivity contribution in [2.45, 2.75) is 50.4 Å². The van der Waals surface area contributed by atoms with Gasteiger partial charge in [-0.1, -0.05) is 0 Å². The van der Waals surface area contributed by atoms with Gasteiger partial charge in [0.25, 0.3) is 0 Å². The molecule has 0 atom stereocenters. The quantitative estimate of drug-likeness (QED) is 0.318. The van der Waals surface area contributed by atoms with Crippen LogP contribution in [0.3, 0.4) is 0 Å². The first-order valence-corrected chi connectivity index (χ1v) is 13.2. The number of carbonyl (C=O) groups is 1. The van der Waals surface area contributed by atoms with Crippen LogP contribution in [-0.2, 0) is 14.3 Å². The first kappa shape index (κ1) is 24.9. The minimum absolute atomic E-state index is 0.0646. The summed E-state index contributed by atoms with van der Waals surface area (Å²) in [6, 6.07) is 6.74. The average Bonchev–Trinajstić information content (AvgIpc) is 3.57. The zero-order chi connectivity index (χ0) is 26.4. The zero-order valence-electron chi connectivity index (χ0n) is 21.6. The van der Waals surface area contributed by atoms with Gasteiger partial charge in [-0.3, -0.25) is 9.89 Å². The van der Waals surface area contributed by atoms with Gasteiger partial charge < -0.3 is 18.8 Å². The lowest BCUT2D eigenvalue weighted by atomic mass is 9.76. The molecule has 0 unspecified atom stereocenters. The van der Waals surface area contributed by atoms with Crippen molar-refractivity contribution in [3.05, 3.63) is 53.4 Å². The van der Waals surface area contributed by atoms with Crippen LogP contribution in [0.5, 0.6) is 5.75 Å². The van der Waals surface area contributed by atoms with Crippen LogP contribution in [0.1, 0.15) is 61.6 Å². The van der Waals surface area contributed by atoms with Crippen LogP contribution in [0.25, 0.3) is 27.5 Å². The topological polar surface area (TPSA) is 78.4 Å². The molecule has 4 aromatic rings. The van der Waals surface area contributed by atoms with Gasteiger partial charge >= 0.3 is 5.97 Å². The molecular formula is C29H31F2N3O4. The Morgan fingerprint density at radius 1 is 1.05 bits per heavy atom. The lowest BCUT2D eigenvalue weighted by molar-refractivity contribution is -0.146. The third-order valence-corrected chi connectivity index (χ3v) is 8.35. The predicted octanol–water partition coefficient (Wildman–Crippen LogP) is 6.13. The van der Waals surface area contributed by atoms with Gasteiger partial charge in [0, 0.05) is 47.4 Å². The molecule has 2 aliphatic rings. The number of aromatic amines is 1. The van der Waals surface area contributed by atoms with Crippen LogP contribution in [0.2, 0.25) is 0 Å². The number of fused-ring (bicyclic) bond motifs is 2. The van der Waals surface area contributed by atoms with E-state index in [0.29, 0.717) is 48.0 Å². The summed E-state index contributed by atoms with van der Waals surface area (Å²) in [4.78, 5) is 12.2. The normalized spacial score (nSPS) is 20.7. The van der Waals surface area contributed by atoms with Crippen molar-refractivity contribution in [2.75, 3.05) is 27.4 Å². The SMILES string of the molecule is COc1cc(-n2c(C3CCOCC3)c([C@H]3CC[C@H](C(=O)OC)CC3)c3c(F)c4[nH]ncc4cc32)ccc1F.